The molecule has 3 atom stereocenters. The van der Waals surface area contributed by atoms with Crippen LogP contribution in [0.25, 0.3) is 0 Å². The summed E-state index contributed by atoms with van der Waals surface area (Å²) in [6.45, 7) is 0. The molecule has 1 aromatic rings. The number of carboxylic acid groups (broad SMARTS) is 1. The zero-order valence-corrected chi connectivity index (χ0v) is 7.62. The van der Waals surface area contributed by atoms with Gasteiger partial charge in [0.25, 0.3) is 0 Å². The lowest BCUT2D eigenvalue weighted by atomic mass is 10.1. The molecule has 13 heavy (non-hydrogen) atoms. The van der Waals surface area contributed by atoms with Crippen LogP contribution in [-0.4, -0.2) is 16.3 Å². The average Bonchev–Trinajstić information content (AvgIpc) is 2.71. The summed E-state index contributed by atoms with van der Waals surface area (Å²) in [7, 11) is 0. The molecule has 1 saturated carbocycles. The van der Waals surface area contributed by atoms with Crippen LogP contribution in [-0.2, 0) is 4.79 Å². The van der Waals surface area contributed by atoms with E-state index in [0.717, 1.165) is 0 Å². The first-order valence-corrected chi connectivity index (χ1v) is 5.15. The Morgan fingerprint density at radius 2 is 2.15 bits per heavy atom. The highest BCUT2D eigenvalue weighted by Gasteiger charge is 2.60. The third-order valence-electron chi connectivity index (χ3n) is 2.78. The molecule has 0 bridgehead atoms. The van der Waals surface area contributed by atoms with E-state index in [1.807, 2.05) is 12.1 Å². The van der Waals surface area contributed by atoms with Gasteiger partial charge in [0.05, 0.1) is 5.92 Å². The van der Waals surface area contributed by atoms with Crippen LogP contribution >= 0.6 is 11.8 Å². The summed E-state index contributed by atoms with van der Waals surface area (Å²) in [5, 5.41) is 9.19. The third-order valence-corrected chi connectivity index (χ3v) is 4.26. The Morgan fingerprint density at radius 1 is 1.38 bits per heavy atom. The van der Waals surface area contributed by atoms with Crippen molar-refractivity contribution < 1.29 is 9.90 Å². The quantitative estimate of drug-likeness (QED) is 0.739. The highest BCUT2D eigenvalue weighted by atomic mass is 32.2. The second-order valence-corrected chi connectivity index (χ2v) is 4.73. The Hall–Kier alpha value is -0.960. The smallest absolute Gasteiger partial charge is 0.308 e. The van der Waals surface area contributed by atoms with Gasteiger partial charge in [0, 0.05) is 16.1 Å². The van der Waals surface area contributed by atoms with E-state index >= 15 is 0 Å². The molecular formula is C10H8O2S. The molecule has 1 aromatic carbocycles. The van der Waals surface area contributed by atoms with Crippen LogP contribution in [0.2, 0.25) is 0 Å². The summed E-state index contributed by atoms with van der Waals surface area (Å²) in [5.74, 6) is -0.476. The van der Waals surface area contributed by atoms with Crippen molar-refractivity contribution in [2.24, 2.45) is 5.92 Å². The molecular weight excluding hydrogens is 184 g/mol. The number of rotatable bonds is 1. The van der Waals surface area contributed by atoms with Crippen LogP contribution in [0.1, 0.15) is 11.5 Å². The van der Waals surface area contributed by atoms with Crippen molar-refractivity contribution >= 4 is 17.7 Å². The highest BCUT2D eigenvalue weighted by molar-refractivity contribution is 8.00. The van der Waals surface area contributed by atoms with Gasteiger partial charge in [-0.3, -0.25) is 4.79 Å². The zero-order chi connectivity index (χ0) is 9.00. The fraction of sp³-hybridized carbons (Fsp3) is 0.300. The van der Waals surface area contributed by atoms with Crippen molar-refractivity contribution in [1.82, 2.24) is 0 Å². The summed E-state index contributed by atoms with van der Waals surface area (Å²) >= 11 is 1.72. The van der Waals surface area contributed by atoms with E-state index in [4.69, 9.17) is 5.11 Å². The first kappa shape index (κ1) is 7.44. The number of aliphatic carboxylic acids is 1. The Labute approximate surface area is 80.0 Å². The molecule has 1 aliphatic heterocycles. The predicted octanol–water partition coefficient (Wildman–Crippen LogP) is 1.96. The van der Waals surface area contributed by atoms with Gasteiger partial charge in [0.15, 0.2) is 0 Å². The SMILES string of the molecule is O=C(O)[C@@H]1C2c3ccccc3S[C@@H]21. The van der Waals surface area contributed by atoms with Gasteiger partial charge in [0.1, 0.15) is 0 Å². The largest absolute Gasteiger partial charge is 0.481 e. The maximum absolute atomic E-state index is 10.8. The van der Waals surface area contributed by atoms with Gasteiger partial charge in [-0.25, -0.2) is 0 Å². The summed E-state index contributed by atoms with van der Waals surface area (Å²) < 4.78 is 0. The zero-order valence-electron chi connectivity index (χ0n) is 6.81. The molecule has 0 amide bonds. The summed E-state index contributed by atoms with van der Waals surface area (Å²) in [4.78, 5) is 12.0. The number of thioether (sulfide) groups is 1. The fourth-order valence-corrected chi connectivity index (χ4v) is 3.70. The highest BCUT2D eigenvalue weighted by Crippen LogP contribution is 2.64. The number of fused-ring (bicyclic) bond motifs is 3. The average molecular weight is 192 g/mol. The standard InChI is InChI=1S/C10H8O2S/c11-10(12)8-7-5-3-1-2-4-6(5)13-9(7)8/h1-4,7-9H,(H,11,12)/t7?,8-,9+/m1/s1. The minimum atomic E-state index is -0.642. The van der Waals surface area contributed by atoms with Crippen LogP contribution in [0.3, 0.4) is 0 Å². The van der Waals surface area contributed by atoms with Gasteiger partial charge in [0.2, 0.25) is 0 Å². The first-order valence-electron chi connectivity index (χ1n) is 4.27. The van der Waals surface area contributed by atoms with Gasteiger partial charge in [-0.05, 0) is 11.6 Å². The molecule has 1 N–H and O–H groups in total. The lowest BCUT2D eigenvalue weighted by Crippen LogP contribution is -2.02. The molecule has 3 rings (SSSR count). The number of benzene rings is 1. The molecule has 0 saturated heterocycles. The molecule has 0 spiro atoms. The van der Waals surface area contributed by atoms with Crippen molar-refractivity contribution in [3.63, 3.8) is 0 Å². The van der Waals surface area contributed by atoms with E-state index in [1.54, 1.807) is 11.8 Å². The number of carbonyl (C=O) groups is 1. The number of carboxylic acids is 1. The second-order valence-electron chi connectivity index (χ2n) is 3.51. The third kappa shape index (κ3) is 0.879. The maximum Gasteiger partial charge on any atom is 0.308 e. The molecule has 1 heterocycles. The summed E-state index contributed by atoms with van der Waals surface area (Å²) in [6.07, 6.45) is 0. The van der Waals surface area contributed by atoms with Crippen LogP contribution < -0.4 is 0 Å². The molecule has 1 aliphatic carbocycles. The monoisotopic (exact) mass is 192 g/mol. The molecule has 2 nitrogen and oxygen atoms in total. The van der Waals surface area contributed by atoms with Crippen LogP contribution in [0.15, 0.2) is 29.2 Å². The Balaban J connectivity index is 1.99. The van der Waals surface area contributed by atoms with Crippen LogP contribution in [0.5, 0.6) is 0 Å². The van der Waals surface area contributed by atoms with Crippen molar-refractivity contribution in [3.8, 4) is 0 Å². The van der Waals surface area contributed by atoms with Gasteiger partial charge in [-0.15, -0.1) is 11.8 Å². The normalized spacial score (nSPS) is 33.7. The van der Waals surface area contributed by atoms with E-state index in [-0.39, 0.29) is 5.92 Å². The Bertz CT molecular complexity index is 388. The van der Waals surface area contributed by atoms with E-state index in [9.17, 15) is 4.79 Å². The van der Waals surface area contributed by atoms with Gasteiger partial charge in [-0.1, -0.05) is 18.2 Å². The van der Waals surface area contributed by atoms with E-state index in [0.29, 0.717) is 11.2 Å². The van der Waals surface area contributed by atoms with Crippen molar-refractivity contribution in [2.75, 3.05) is 0 Å². The number of hydrogen-bond acceptors (Lipinski definition) is 2. The first-order chi connectivity index (χ1) is 6.29. The minimum Gasteiger partial charge on any atom is -0.481 e. The van der Waals surface area contributed by atoms with Crippen LogP contribution in [0.4, 0.5) is 0 Å². The topological polar surface area (TPSA) is 37.3 Å². The molecule has 0 aromatic heterocycles. The van der Waals surface area contributed by atoms with Crippen molar-refractivity contribution in [3.05, 3.63) is 29.8 Å². The predicted molar refractivity (Wildman–Crippen MR) is 50.0 cm³/mol. The van der Waals surface area contributed by atoms with Gasteiger partial charge < -0.3 is 5.11 Å². The van der Waals surface area contributed by atoms with Crippen LogP contribution in [0, 0.1) is 5.92 Å². The van der Waals surface area contributed by atoms with Gasteiger partial charge >= 0.3 is 5.97 Å². The molecule has 3 heteroatoms. The van der Waals surface area contributed by atoms with Crippen molar-refractivity contribution in [2.45, 2.75) is 16.1 Å². The summed E-state index contributed by atoms with van der Waals surface area (Å²) in [6, 6.07) is 8.12. The Kier molecular flexibility index (Phi) is 1.31. The molecule has 2 aliphatic rings. The number of hydrogen-bond donors (Lipinski definition) is 1. The van der Waals surface area contributed by atoms with Crippen molar-refractivity contribution in [1.29, 1.82) is 0 Å². The minimum absolute atomic E-state index is 0.125. The molecule has 66 valence electrons. The van der Waals surface area contributed by atoms with E-state index in [2.05, 4.69) is 12.1 Å². The second kappa shape index (κ2) is 2.29. The lowest BCUT2D eigenvalue weighted by Gasteiger charge is -2.02. The van der Waals surface area contributed by atoms with Gasteiger partial charge in [-0.2, -0.15) is 0 Å². The maximum atomic E-state index is 10.8. The molecule has 1 unspecified atom stereocenters. The summed E-state index contributed by atoms with van der Waals surface area (Å²) in [5.41, 5.74) is 1.24. The lowest BCUT2D eigenvalue weighted by molar-refractivity contribution is -0.138. The fourth-order valence-electron chi connectivity index (χ4n) is 2.10. The Morgan fingerprint density at radius 3 is 2.92 bits per heavy atom. The van der Waals surface area contributed by atoms with E-state index < -0.39 is 5.97 Å². The van der Waals surface area contributed by atoms with E-state index in [1.165, 1.54) is 10.5 Å². The molecule has 0 radical (unpaired) electrons. The molecule has 1 fully saturated rings.